The van der Waals surface area contributed by atoms with Gasteiger partial charge in [-0.25, -0.2) is 0 Å². The summed E-state index contributed by atoms with van der Waals surface area (Å²) in [5, 5.41) is 14.0. The summed E-state index contributed by atoms with van der Waals surface area (Å²) < 4.78 is 0. The van der Waals surface area contributed by atoms with E-state index in [9.17, 15) is 4.91 Å². The lowest BCUT2D eigenvalue weighted by atomic mass is 10.0. The van der Waals surface area contributed by atoms with Gasteiger partial charge in [-0.3, -0.25) is 5.41 Å². The molecule has 20 heavy (non-hydrogen) atoms. The molecule has 2 N–H and O–H groups in total. The van der Waals surface area contributed by atoms with Crippen molar-refractivity contribution < 1.29 is 0 Å². The molecule has 2 aromatic carbocycles. The molecule has 0 fully saturated rings. The molecule has 0 spiro atoms. The van der Waals surface area contributed by atoms with Crippen LogP contribution in [0.2, 0.25) is 0 Å². The fraction of sp³-hybridized carbons (Fsp3) is 0.133. The molecule has 0 saturated heterocycles. The minimum Gasteiger partial charge on any atom is -0.383 e. The Morgan fingerprint density at radius 2 is 1.95 bits per heavy atom. The first kappa shape index (κ1) is 12.9. The van der Waals surface area contributed by atoms with Gasteiger partial charge in [0.05, 0.1) is 5.25 Å². The summed E-state index contributed by atoms with van der Waals surface area (Å²) in [4.78, 5) is 11.8. The van der Waals surface area contributed by atoms with E-state index >= 15 is 0 Å². The SMILES string of the molecule is N=C(N=O)c1ccccc1C1CNc2ccccc2S1. The molecule has 3 rings (SSSR count). The van der Waals surface area contributed by atoms with Crippen LogP contribution < -0.4 is 5.32 Å². The van der Waals surface area contributed by atoms with Gasteiger partial charge < -0.3 is 5.32 Å². The van der Waals surface area contributed by atoms with Gasteiger partial charge in [0, 0.05) is 22.7 Å². The second-order valence-electron chi connectivity index (χ2n) is 4.51. The summed E-state index contributed by atoms with van der Waals surface area (Å²) in [5.41, 5.74) is 2.72. The Kier molecular flexibility index (Phi) is 3.52. The van der Waals surface area contributed by atoms with Crippen LogP contribution in [0, 0.1) is 10.3 Å². The third kappa shape index (κ3) is 2.32. The smallest absolute Gasteiger partial charge is 0.196 e. The van der Waals surface area contributed by atoms with E-state index in [1.807, 2.05) is 30.3 Å². The third-order valence-corrected chi connectivity index (χ3v) is 4.60. The summed E-state index contributed by atoms with van der Waals surface area (Å²) in [5.74, 6) is -0.208. The van der Waals surface area contributed by atoms with Crippen molar-refractivity contribution in [1.82, 2.24) is 0 Å². The van der Waals surface area contributed by atoms with E-state index in [0.717, 1.165) is 17.8 Å². The quantitative estimate of drug-likeness (QED) is 0.496. The zero-order chi connectivity index (χ0) is 13.9. The zero-order valence-electron chi connectivity index (χ0n) is 10.7. The highest BCUT2D eigenvalue weighted by molar-refractivity contribution is 7.99. The van der Waals surface area contributed by atoms with Gasteiger partial charge in [0.15, 0.2) is 5.84 Å². The molecule has 0 saturated carbocycles. The first-order valence-corrected chi connectivity index (χ1v) is 7.18. The average molecular weight is 283 g/mol. The van der Waals surface area contributed by atoms with Crippen LogP contribution in [0.3, 0.4) is 0 Å². The van der Waals surface area contributed by atoms with E-state index in [4.69, 9.17) is 5.41 Å². The Labute approximate surface area is 121 Å². The van der Waals surface area contributed by atoms with Gasteiger partial charge in [-0.15, -0.1) is 16.7 Å². The van der Waals surface area contributed by atoms with Gasteiger partial charge in [0.2, 0.25) is 0 Å². The van der Waals surface area contributed by atoms with Gasteiger partial charge in [-0.05, 0) is 22.9 Å². The van der Waals surface area contributed by atoms with Crippen molar-refractivity contribution >= 4 is 23.3 Å². The maximum Gasteiger partial charge on any atom is 0.196 e. The van der Waals surface area contributed by atoms with Crippen molar-refractivity contribution in [1.29, 1.82) is 5.41 Å². The van der Waals surface area contributed by atoms with Gasteiger partial charge in [0.25, 0.3) is 0 Å². The molecular weight excluding hydrogens is 270 g/mol. The maximum atomic E-state index is 10.6. The Bertz CT molecular complexity index is 672. The summed E-state index contributed by atoms with van der Waals surface area (Å²) in [6.45, 7) is 0.769. The lowest BCUT2D eigenvalue weighted by Gasteiger charge is -2.26. The number of nitrogens with zero attached hydrogens (tertiary/aromatic N) is 1. The highest BCUT2D eigenvalue weighted by Crippen LogP contribution is 2.43. The maximum absolute atomic E-state index is 10.6. The van der Waals surface area contributed by atoms with E-state index in [1.54, 1.807) is 17.8 Å². The van der Waals surface area contributed by atoms with Gasteiger partial charge in [-0.1, -0.05) is 36.4 Å². The fourth-order valence-electron chi connectivity index (χ4n) is 2.33. The number of rotatable bonds is 2. The second kappa shape index (κ2) is 5.46. The van der Waals surface area contributed by atoms with Crippen LogP contribution in [0.1, 0.15) is 16.4 Å². The van der Waals surface area contributed by atoms with Gasteiger partial charge in [-0.2, -0.15) is 0 Å². The second-order valence-corrected chi connectivity index (χ2v) is 5.76. The standard InChI is InChI=1S/C15H13N3OS/c16-15(18-19)11-6-2-1-5-10(11)14-9-17-12-7-3-4-8-13(12)20-14/h1-8,14,16-17H,9H2. The predicted octanol–water partition coefficient (Wildman–Crippen LogP) is 4.04. The molecule has 4 nitrogen and oxygen atoms in total. The number of anilines is 1. The Hall–Kier alpha value is -2.14. The van der Waals surface area contributed by atoms with Crippen molar-refractivity contribution in [2.45, 2.75) is 10.1 Å². The monoisotopic (exact) mass is 283 g/mol. The van der Waals surface area contributed by atoms with Crippen LogP contribution in [-0.2, 0) is 0 Å². The molecule has 0 aliphatic carbocycles. The number of nitroso groups, excluding NO2 is 1. The van der Waals surface area contributed by atoms with Crippen molar-refractivity contribution in [2.75, 3.05) is 11.9 Å². The summed E-state index contributed by atoms with van der Waals surface area (Å²) in [6, 6.07) is 15.6. The first-order valence-electron chi connectivity index (χ1n) is 6.30. The van der Waals surface area contributed by atoms with Gasteiger partial charge in [0.1, 0.15) is 0 Å². The van der Waals surface area contributed by atoms with Crippen LogP contribution in [-0.4, -0.2) is 12.4 Å². The van der Waals surface area contributed by atoms with Crippen molar-refractivity contribution in [3.8, 4) is 0 Å². The molecule has 5 heteroatoms. The third-order valence-electron chi connectivity index (χ3n) is 3.29. The molecule has 1 aliphatic rings. The van der Waals surface area contributed by atoms with Crippen molar-refractivity contribution in [3.63, 3.8) is 0 Å². The number of nitrogens with one attached hydrogen (secondary N) is 2. The van der Waals surface area contributed by atoms with Crippen LogP contribution in [0.5, 0.6) is 0 Å². The van der Waals surface area contributed by atoms with Crippen LogP contribution in [0.4, 0.5) is 5.69 Å². The van der Waals surface area contributed by atoms with E-state index in [1.165, 1.54) is 4.90 Å². The van der Waals surface area contributed by atoms with E-state index in [-0.39, 0.29) is 11.1 Å². The molecule has 0 amide bonds. The largest absolute Gasteiger partial charge is 0.383 e. The summed E-state index contributed by atoms with van der Waals surface area (Å²) in [6.07, 6.45) is 0. The van der Waals surface area contributed by atoms with Crippen molar-refractivity contribution in [3.05, 3.63) is 64.6 Å². The average Bonchev–Trinajstić information content (AvgIpc) is 2.53. The van der Waals surface area contributed by atoms with Crippen molar-refractivity contribution in [2.24, 2.45) is 5.18 Å². The minimum absolute atomic E-state index is 0.170. The molecule has 1 unspecified atom stereocenters. The molecular formula is C15H13N3OS. The predicted molar refractivity (Wildman–Crippen MR) is 82.6 cm³/mol. The summed E-state index contributed by atoms with van der Waals surface area (Å²) in [7, 11) is 0. The number of fused-ring (bicyclic) bond motifs is 1. The first-order chi connectivity index (χ1) is 9.79. The van der Waals surface area contributed by atoms with E-state index in [2.05, 4.69) is 22.6 Å². The van der Waals surface area contributed by atoms with E-state index < -0.39 is 0 Å². The van der Waals surface area contributed by atoms with Gasteiger partial charge >= 0.3 is 0 Å². The molecule has 2 aromatic rings. The van der Waals surface area contributed by atoms with E-state index in [0.29, 0.717) is 5.56 Å². The van der Waals surface area contributed by atoms with Crippen LogP contribution in [0.25, 0.3) is 0 Å². The topological polar surface area (TPSA) is 65.3 Å². The van der Waals surface area contributed by atoms with Crippen LogP contribution >= 0.6 is 11.8 Å². The Morgan fingerprint density at radius 3 is 2.80 bits per heavy atom. The number of hydrogen-bond donors (Lipinski definition) is 2. The number of amidine groups is 1. The molecule has 1 atom stereocenters. The molecule has 1 aliphatic heterocycles. The molecule has 0 bridgehead atoms. The highest BCUT2D eigenvalue weighted by Gasteiger charge is 2.23. The fourth-order valence-corrected chi connectivity index (χ4v) is 3.56. The molecule has 0 radical (unpaired) electrons. The number of hydrogen-bond acceptors (Lipinski definition) is 4. The van der Waals surface area contributed by atoms with Crippen LogP contribution in [0.15, 0.2) is 58.6 Å². The normalized spacial score (nSPS) is 16.9. The molecule has 1 heterocycles. The highest BCUT2D eigenvalue weighted by atomic mass is 32.2. The zero-order valence-corrected chi connectivity index (χ0v) is 11.5. The summed E-state index contributed by atoms with van der Waals surface area (Å²) >= 11 is 1.75. The minimum atomic E-state index is -0.208. The Morgan fingerprint density at radius 1 is 1.20 bits per heavy atom. The lowest BCUT2D eigenvalue weighted by Crippen LogP contribution is -2.17. The lowest BCUT2D eigenvalue weighted by molar-refractivity contribution is 0.960. The number of benzene rings is 2. The number of thioether (sulfide) groups is 1. The number of para-hydroxylation sites is 1. The molecule has 100 valence electrons. The Balaban J connectivity index is 1.96. The molecule has 0 aromatic heterocycles.